The lowest BCUT2D eigenvalue weighted by Crippen LogP contribution is -2.19. The van der Waals surface area contributed by atoms with Crippen LogP contribution < -0.4 is 5.56 Å². The highest BCUT2D eigenvalue weighted by Crippen LogP contribution is 2.36. The fourth-order valence-corrected chi connectivity index (χ4v) is 4.65. The van der Waals surface area contributed by atoms with E-state index in [2.05, 4.69) is 0 Å². The Morgan fingerprint density at radius 3 is 2.26 bits per heavy atom. The highest BCUT2D eigenvalue weighted by atomic mass is 32.2. The van der Waals surface area contributed by atoms with E-state index in [1.165, 1.54) is 28.8 Å². The van der Waals surface area contributed by atoms with Gasteiger partial charge in [0.1, 0.15) is 5.82 Å². The average molecular weight is 483 g/mol. The maximum absolute atomic E-state index is 13.5. The fraction of sp³-hybridized carbons (Fsp3) is 0.296. The molecule has 0 saturated carbocycles. The number of halogens is 1. The van der Waals surface area contributed by atoms with Crippen molar-refractivity contribution in [3.05, 3.63) is 99.1 Å². The first-order chi connectivity index (χ1) is 15.9. The van der Waals surface area contributed by atoms with Crippen molar-refractivity contribution < 1.29 is 17.6 Å². The van der Waals surface area contributed by atoms with Crippen molar-refractivity contribution in [3.63, 3.8) is 0 Å². The van der Waals surface area contributed by atoms with Crippen LogP contribution in [0.3, 0.4) is 0 Å². The van der Waals surface area contributed by atoms with Gasteiger partial charge in [0.05, 0.1) is 5.75 Å². The molecule has 0 bridgehead atoms. The molecular weight excluding hydrogens is 453 g/mol. The zero-order valence-corrected chi connectivity index (χ0v) is 20.9. The Bertz CT molecular complexity index is 1370. The van der Waals surface area contributed by atoms with Crippen molar-refractivity contribution in [2.24, 2.45) is 7.05 Å². The molecule has 1 aromatic heterocycles. The fourth-order valence-electron chi connectivity index (χ4n) is 3.75. The van der Waals surface area contributed by atoms with Crippen LogP contribution in [-0.2, 0) is 22.6 Å². The zero-order chi connectivity index (χ0) is 25.2. The maximum Gasteiger partial charge on any atom is 0.250 e. The molecule has 1 atom stereocenters. The number of hydrogen-bond donors (Lipinski definition) is 0. The molecule has 0 saturated heterocycles. The minimum atomic E-state index is -3.30. The molecule has 0 aliphatic carbocycles. The second kappa shape index (κ2) is 10.1. The lowest BCUT2D eigenvalue weighted by molar-refractivity contribution is 0.103. The molecule has 179 valence electrons. The first kappa shape index (κ1) is 25.6. The standard InChI is InChI=1S/C27H29FNO4S/c1-6-34(32,33)16-19-7-12-22(27(31)20-8-10-21(28)11-9-20)24(13-19)25-15-29(5)26(30)14-23(25)18(4)17(2)3/h7-15,18H,6,16H2,1-5H3. The van der Waals surface area contributed by atoms with Crippen LogP contribution in [0, 0.1) is 11.7 Å². The predicted molar refractivity (Wildman–Crippen MR) is 133 cm³/mol. The van der Waals surface area contributed by atoms with E-state index in [4.69, 9.17) is 0 Å². The number of sulfone groups is 1. The Morgan fingerprint density at radius 2 is 1.68 bits per heavy atom. The Morgan fingerprint density at radius 1 is 1.03 bits per heavy atom. The van der Waals surface area contributed by atoms with E-state index in [1.807, 2.05) is 20.8 Å². The third kappa shape index (κ3) is 5.53. The Hall–Kier alpha value is -3.06. The molecule has 3 rings (SSSR count). The summed E-state index contributed by atoms with van der Waals surface area (Å²) in [6.45, 7) is 7.53. The van der Waals surface area contributed by atoms with Gasteiger partial charge in [0.2, 0.25) is 0 Å². The molecule has 0 aliphatic rings. The molecule has 1 unspecified atom stereocenters. The van der Waals surface area contributed by atoms with Gasteiger partial charge >= 0.3 is 0 Å². The summed E-state index contributed by atoms with van der Waals surface area (Å²) in [6.07, 6.45) is 1.69. The molecule has 0 spiro atoms. The largest absolute Gasteiger partial charge is 0.318 e. The summed E-state index contributed by atoms with van der Waals surface area (Å²) < 4.78 is 39.5. The van der Waals surface area contributed by atoms with E-state index in [0.29, 0.717) is 27.8 Å². The number of carbonyl (C=O) groups is 1. The lowest BCUT2D eigenvalue weighted by atomic mass is 9.83. The minimum Gasteiger partial charge on any atom is -0.318 e. The quantitative estimate of drug-likeness (QED) is 0.420. The third-order valence-corrected chi connectivity index (χ3v) is 7.80. The van der Waals surface area contributed by atoms with Crippen LogP contribution in [0.2, 0.25) is 0 Å². The van der Waals surface area contributed by atoms with Gasteiger partial charge in [-0.3, -0.25) is 9.59 Å². The van der Waals surface area contributed by atoms with Gasteiger partial charge in [0, 0.05) is 41.8 Å². The second-order valence-corrected chi connectivity index (χ2v) is 11.1. The van der Waals surface area contributed by atoms with Gasteiger partial charge < -0.3 is 4.57 Å². The Balaban J connectivity index is 2.31. The summed E-state index contributed by atoms with van der Waals surface area (Å²) in [7, 11) is -1.67. The number of aromatic nitrogens is 1. The van der Waals surface area contributed by atoms with Gasteiger partial charge in [0.25, 0.3) is 5.56 Å². The highest BCUT2D eigenvalue weighted by Gasteiger charge is 2.23. The van der Waals surface area contributed by atoms with Crippen molar-refractivity contribution >= 4 is 15.6 Å². The summed E-state index contributed by atoms with van der Waals surface area (Å²) in [5, 5.41) is 0. The number of benzene rings is 2. The number of carbonyl (C=O) groups excluding carboxylic acids is 1. The molecule has 3 aromatic rings. The van der Waals surface area contributed by atoms with E-state index >= 15 is 0 Å². The molecule has 7 heteroatoms. The summed E-state index contributed by atoms with van der Waals surface area (Å²) >= 11 is 0. The lowest BCUT2D eigenvalue weighted by Gasteiger charge is -2.22. The molecule has 1 radical (unpaired) electrons. The van der Waals surface area contributed by atoms with Gasteiger partial charge in [-0.25, -0.2) is 12.8 Å². The normalized spacial score (nSPS) is 12.7. The van der Waals surface area contributed by atoms with Crippen molar-refractivity contribution in [3.8, 4) is 11.1 Å². The topological polar surface area (TPSA) is 73.2 Å². The van der Waals surface area contributed by atoms with E-state index < -0.39 is 15.7 Å². The van der Waals surface area contributed by atoms with Crippen molar-refractivity contribution in [1.29, 1.82) is 0 Å². The van der Waals surface area contributed by atoms with Crippen LogP contribution in [0.25, 0.3) is 11.1 Å². The van der Waals surface area contributed by atoms with Gasteiger partial charge in [-0.05, 0) is 58.9 Å². The number of nitrogens with zero attached hydrogens (tertiary/aromatic N) is 1. The Labute approximate surface area is 200 Å². The van der Waals surface area contributed by atoms with Crippen LogP contribution in [0.1, 0.15) is 60.7 Å². The van der Waals surface area contributed by atoms with Crippen LogP contribution in [0.5, 0.6) is 0 Å². The monoisotopic (exact) mass is 482 g/mol. The first-order valence-electron chi connectivity index (χ1n) is 11.1. The minimum absolute atomic E-state index is 0.00467. The maximum atomic E-state index is 13.5. The summed E-state index contributed by atoms with van der Waals surface area (Å²) in [6, 6.07) is 11.8. The van der Waals surface area contributed by atoms with Crippen LogP contribution in [-0.4, -0.2) is 24.5 Å². The van der Waals surface area contributed by atoms with Crippen molar-refractivity contribution in [1.82, 2.24) is 4.57 Å². The third-order valence-electron chi connectivity index (χ3n) is 6.14. The van der Waals surface area contributed by atoms with Crippen LogP contribution in [0.4, 0.5) is 4.39 Å². The molecule has 0 amide bonds. The number of rotatable bonds is 8. The SMILES string of the molecule is CCS(=O)(=O)Cc1ccc(C(=O)c2ccc(F)cc2)c(-c2cn(C)c(=O)cc2C(C)[C](C)C)c1. The van der Waals surface area contributed by atoms with E-state index in [1.54, 1.807) is 44.4 Å². The van der Waals surface area contributed by atoms with Crippen LogP contribution >= 0.6 is 0 Å². The summed E-state index contributed by atoms with van der Waals surface area (Å²) in [5.41, 5.74) is 3.01. The van der Waals surface area contributed by atoms with E-state index in [9.17, 15) is 22.4 Å². The molecule has 0 N–H and O–H groups in total. The van der Waals surface area contributed by atoms with E-state index in [0.717, 1.165) is 11.5 Å². The van der Waals surface area contributed by atoms with Gasteiger partial charge in [-0.15, -0.1) is 0 Å². The number of ketones is 1. The average Bonchev–Trinajstić information content (AvgIpc) is 2.79. The van der Waals surface area contributed by atoms with Gasteiger partial charge in [-0.2, -0.15) is 0 Å². The first-order valence-corrected chi connectivity index (χ1v) is 12.9. The molecule has 0 fully saturated rings. The molecular formula is C27H29FNO4S. The second-order valence-electron chi connectivity index (χ2n) is 8.78. The smallest absolute Gasteiger partial charge is 0.250 e. The van der Waals surface area contributed by atoms with Crippen LogP contribution in [0.15, 0.2) is 59.5 Å². The van der Waals surface area contributed by atoms with Gasteiger partial charge in [-0.1, -0.05) is 39.8 Å². The summed E-state index contributed by atoms with van der Waals surface area (Å²) in [5.74, 6) is 0.109. The van der Waals surface area contributed by atoms with Gasteiger partial charge in [0.15, 0.2) is 15.6 Å². The number of hydrogen-bond acceptors (Lipinski definition) is 4. The number of aryl methyl sites for hydroxylation is 1. The molecule has 0 aliphatic heterocycles. The molecule has 34 heavy (non-hydrogen) atoms. The molecule has 5 nitrogen and oxygen atoms in total. The van der Waals surface area contributed by atoms with E-state index in [-0.39, 0.29) is 28.8 Å². The molecule has 1 heterocycles. The number of pyridine rings is 1. The van der Waals surface area contributed by atoms with Crippen molar-refractivity contribution in [2.75, 3.05) is 5.75 Å². The summed E-state index contributed by atoms with van der Waals surface area (Å²) in [4.78, 5) is 25.9. The highest BCUT2D eigenvalue weighted by molar-refractivity contribution is 7.90. The zero-order valence-electron chi connectivity index (χ0n) is 20.1. The van der Waals surface area contributed by atoms with Crippen molar-refractivity contribution in [2.45, 2.75) is 39.4 Å². The Kier molecular flexibility index (Phi) is 7.56. The molecule has 2 aromatic carbocycles. The predicted octanol–water partition coefficient (Wildman–Crippen LogP) is 5.07.